The predicted molar refractivity (Wildman–Crippen MR) is 65.5 cm³/mol. The third kappa shape index (κ3) is 2.51. The van der Waals surface area contributed by atoms with Gasteiger partial charge in [-0.05, 0) is 34.6 Å². The van der Waals surface area contributed by atoms with Crippen LogP contribution in [0.5, 0.6) is 0 Å². The molecule has 0 spiro atoms. The monoisotopic (exact) mass is 239 g/mol. The zero-order chi connectivity index (χ0) is 13.4. The molecule has 1 saturated heterocycles. The molecule has 0 aromatic carbocycles. The highest BCUT2D eigenvalue weighted by atomic mass is 16.4. The van der Waals surface area contributed by atoms with Gasteiger partial charge in [0.1, 0.15) is 0 Å². The number of carbonyl (C=O) groups is 2. The Morgan fingerprint density at radius 3 is 2.00 bits per heavy atom. The molecular formula is C13H21NO3. The quantitative estimate of drug-likeness (QED) is 0.765. The Hall–Kier alpha value is -1.32. The van der Waals surface area contributed by atoms with Crippen molar-refractivity contribution in [1.29, 1.82) is 0 Å². The van der Waals surface area contributed by atoms with Crippen LogP contribution in [0.15, 0.2) is 11.1 Å². The van der Waals surface area contributed by atoms with Gasteiger partial charge in [0.25, 0.3) is 0 Å². The van der Waals surface area contributed by atoms with Gasteiger partial charge in [-0.2, -0.15) is 0 Å². The summed E-state index contributed by atoms with van der Waals surface area (Å²) in [4.78, 5) is 24.7. The average molecular weight is 239 g/mol. The van der Waals surface area contributed by atoms with Crippen LogP contribution < -0.4 is 0 Å². The van der Waals surface area contributed by atoms with Crippen molar-refractivity contribution in [1.82, 2.24) is 4.90 Å². The number of aliphatic carboxylic acids is 1. The molecule has 0 bridgehead atoms. The van der Waals surface area contributed by atoms with Gasteiger partial charge in [0.15, 0.2) is 0 Å². The van der Waals surface area contributed by atoms with Gasteiger partial charge < -0.3 is 10.0 Å². The number of rotatable bonds is 3. The minimum absolute atomic E-state index is 0.0300. The van der Waals surface area contributed by atoms with Crippen LogP contribution in [0.4, 0.5) is 0 Å². The van der Waals surface area contributed by atoms with Gasteiger partial charge in [0, 0.05) is 24.6 Å². The highest BCUT2D eigenvalue weighted by Gasteiger charge is 2.45. The zero-order valence-corrected chi connectivity index (χ0v) is 11.2. The van der Waals surface area contributed by atoms with Crippen molar-refractivity contribution in [3.8, 4) is 0 Å². The summed E-state index contributed by atoms with van der Waals surface area (Å²) >= 11 is 0. The summed E-state index contributed by atoms with van der Waals surface area (Å²) in [5, 5.41) is 9.09. The van der Waals surface area contributed by atoms with E-state index in [1.807, 2.05) is 20.8 Å². The van der Waals surface area contributed by atoms with E-state index in [2.05, 4.69) is 0 Å². The molecule has 0 aliphatic carbocycles. The average Bonchev–Trinajstić information content (AvgIpc) is 2.12. The highest BCUT2D eigenvalue weighted by Crippen LogP contribution is 2.35. The third-order valence-corrected chi connectivity index (χ3v) is 3.81. The molecule has 0 radical (unpaired) electrons. The van der Waals surface area contributed by atoms with Gasteiger partial charge in [0.05, 0.1) is 5.41 Å². The molecule has 1 aliphatic heterocycles. The lowest BCUT2D eigenvalue weighted by Crippen LogP contribution is -2.57. The normalized spacial score (nSPS) is 16.4. The second-order valence-corrected chi connectivity index (χ2v) is 5.56. The molecule has 17 heavy (non-hydrogen) atoms. The van der Waals surface area contributed by atoms with E-state index in [9.17, 15) is 9.59 Å². The molecule has 0 saturated carbocycles. The van der Waals surface area contributed by atoms with Gasteiger partial charge in [-0.15, -0.1) is 0 Å². The number of carboxylic acids is 1. The topological polar surface area (TPSA) is 57.6 Å². The van der Waals surface area contributed by atoms with Crippen LogP contribution in [0, 0.1) is 11.3 Å². The fraction of sp³-hybridized carbons (Fsp3) is 0.692. The number of likely N-dealkylation sites (tertiary alicyclic amines) is 1. The predicted octanol–water partition coefficient (Wildman–Crippen LogP) is 1.91. The van der Waals surface area contributed by atoms with Crippen LogP contribution in [0.1, 0.15) is 34.6 Å². The number of hydrogen-bond acceptors (Lipinski definition) is 2. The third-order valence-electron chi connectivity index (χ3n) is 3.81. The van der Waals surface area contributed by atoms with E-state index in [4.69, 9.17) is 5.11 Å². The van der Waals surface area contributed by atoms with E-state index in [0.717, 1.165) is 11.1 Å². The van der Waals surface area contributed by atoms with Gasteiger partial charge in [-0.1, -0.05) is 5.57 Å². The zero-order valence-electron chi connectivity index (χ0n) is 11.2. The lowest BCUT2D eigenvalue weighted by Gasteiger charge is -2.45. The molecule has 4 nitrogen and oxygen atoms in total. The van der Waals surface area contributed by atoms with Crippen molar-refractivity contribution >= 4 is 11.9 Å². The second kappa shape index (κ2) is 4.51. The number of carbonyl (C=O) groups excluding carboxylic acids is 1. The molecular weight excluding hydrogens is 218 g/mol. The number of nitrogens with zero attached hydrogens (tertiary/aromatic N) is 1. The molecule has 4 heteroatoms. The summed E-state index contributed by atoms with van der Waals surface area (Å²) in [6.07, 6.45) is 0. The molecule has 1 heterocycles. The summed E-state index contributed by atoms with van der Waals surface area (Å²) in [5.41, 5.74) is 1.02. The smallest absolute Gasteiger partial charge is 0.309 e. The minimum atomic E-state index is -0.798. The maximum absolute atomic E-state index is 11.9. The van der Waals surface area contributed by atoms with E-state index < -0.39 is 11.4 Å². The van der Waals surface area contributed by atoms with Crippen molar-refractivity contribution < 1.29 is 14.7 Å². The number of amides is 1. The van der Waals surface area contributed by atoms with E-state index in [1.54, 1.807) is 18.7 Å². The summed E-state index contributed by atoms with van der Waals surface area (Å²) in [7, 11) is 0. The first-order valence-corrected chi connectivity index (χ1v) is 5.84. The van der Waals surface area contributed by atoms with Crippen LogP contribution >= 0.6 is 0 Å². The summed E-state index contributed by atoms with van der Waals surface area (Å²) in [6, 6.07) is 0. The lowest BCUT2D eigenvalue weighted by atomic mass is 9.74. The first-order chi connectivity index (χ1) is 7.67. The standard InChI is InChI=1S/C13H21NO3/c1-8(2)9(3)11(15)14-6-10(7-14)13(4,5)12(16)17/h10H,6-7H2,1-5H3,(H,16,17). The molecule has 1 fully saturated rings. The molecule has 0 aromatic heterocycles. The van der Waals surface area contributed by atoms with Crippen LogP contribution in [-0.2, 0) is 9.59 Å². The van der Waals surface area contributed by atoms with Crippen molar-refractivity contribution in [3.05, 3.63) is 11.1 Å². The van der Waals surface area contributed by atoms with Gasteiger partial charge >= 0.3 is 5.97 Å². The Labute approximate surface area is 102 Å². The molecule has 0 aromatic rings. The molecule has 1 N–H and O–H groups in total. The Morgan fingerprint density at radius 2 is 1.65 bits per heavy atom. The molecule has 96 valence electrons. The molecule has 0 unspecified atom stereocenters. The van der Waals surface area contributed by atoms with Gasteiger partial charge in [0.2, 0.25) is 5.91 Å². The van der Waals surface area contributed by atoms with Crippen molar-refractivity contribution in [2.45, 2.75) is 34.6 Å². The first kappa shape index (κ1) is 13.7. The Bertz CT molecular complexity index is 372. The lowest BCUT2D eigenvalue weighted by molar-refractivity contribution is -0.157. The van der Waals surface area contributed by atoms with E-state index in [-0.39, 0.29) is 11.8 Å². The van der Waals surface area contributed by atoms with Crippen LogP contribution in [0.2, 0.25) is 0 Å². The van der Waals surface area contributed by atoms with E-state index in [0.29, 0.717) is 13.1 Å². The van der Waals surface area contributed by atoms with Crippen molar-refractivity contribution in [3.63, 3.8) is 0 Å². The number of carboxylic acid groups (broad SMARTS) is 1. The molecule has 1 aliphatic rings. The summed E-state index contributed by atoms with van der Waals surface area (Å²) in [6.45, 7) is 10.2. The van der Waals surface area contributed by atoms with Crippen molar-refractivity contribution in [2.75, 3.05) is 13.1 Å². The van der Waals surface area contributed by atoms with E-state index >= 15 is 0 Å². The summed E-state index contributed by atoms with van der Waals surface area (Å²) in [5.74, 6) is -0.718. The highest BCUT2D eigenvalue weighted by molar-refractivity contribution is 5.94. The van der Waals surface area contributed by atoms with Gasteiger partial charge in [-0.3, -0.25) is 9.59 Å². The molecule has 1 amide bonds. The number of allylic oxidation sites excluding steroid dienone is 1. The molecule has 1 rings (SSSR count). The minimum Gasteiger partial charge on any atom is -0.481 e. The SMILES string of the molecule is CC(C)=C(C)C(=O)N1CC(C(C)(C)C(=O)O)C1. The second-order valence-electron chi connectivity index (χ2n) is 5.56. The van der Waals surface area contributed by atoms with E-state index in [1.165, 1.54) is 0 Å². The van der Waals surface area contributed by atoms with Crippen LogP contribution in [0.25, 0.3) is 0 Å². The maximum atomic E-state index is 11.9. The fourth-order valence-corrected chi connectivity index (χ4v) is 1.73. The Morgan fingerprint density at radius 1 is 1.18 bits per heavy atom. The Kier molecular flexibility index (Phi) is 3.65. The van der Waals surface area contributed by atoms with Crippen LogP contribution in [0.3, 0.4) is 0 Å². The molecule has 0 atom stereocenters. The Balaban J connectivity index is 2.62. The van der Waals surface area contributed by atoms with Crippen molar-refractivity contribution in [2.24, 2.45) is 11.3 Å². The number of hydrogen-bond donors (Lipinski definition) is 1. The summed E-state index contributed by atoms with van der Waals surface area (Å²) < 4.78 is 0. The van der Waals surface area contributed by atoms with Gasteiger partial charge in [-0.25, -0.2) is 0 Å². The largest absolute Gasteiger partial charge is 0.481 e. The first-order valence-electron chi connectivity index (χ1n) is 5.84. The van der Waals surface area contributed by atoms with Crippen LogP contribution in [-0.4, -0.2) is 35.0 Å². The fourth-order valence-electron chi connectivity index (χ4n) is 1.73. The maximum Gasteiger partial charge on any atom is 0.309 e.